The molecule has 0 amide bonds. The van der Waals surface area contributed by atoms with Gasteiger partial charge in [0, 0.05) is 36.5 Å². The lowest BCUT2D eigenvalue weighted by Gasteiger charge is -2.26. The van der Waals surface area contributed by atoms with Crippen molar-refractivity contribution in [3.05, 3.63) is 59.6 Å². The van der Waals surface area contributed by atoms with Crippen molar-refractivity contribution >= 4 is 12.2 Å². The number of aliphatic hydroxyl groups is 1. The molecule has 3 aromatic rings. The number of benzene rings is 1. The zero-order chi connectivity index (χ0) is 17.9. The Kier molecular flexibility index (Phi) is 4.92. The van der Waals surface area contributed by atoms with Gasteiger partial charge in [-0.15, -0.1) is 5.10 Å². The molecule has 1 saturated heterocycles. The fourth-order valence-electron chi connectivity index (χ4n) is 3.38. The fraction of sp³-hybridized carbons (Fsp3) is 0.316. The van der Waals surface area contributed by atoms with Crippen LogP contribution in [0.2, 0.25) is 0 Å². The van der Waals surface area contributed by atoms with E-state index in [0.717, 1.165) is 43.0 Å². The summed E-state index contributed by atoms with van der Waals surface area (Å²) >= 11 is 5.77. The lowest BCUT2D eigenvalue weighted by Crippen LogP contribution is -3.12. The summed E-state index contributed by atoms with van der Waals surface area (Å²) in [6.45, 7) is 2.57. The SMILES string of the molecule is OC1CC[NH+](Cn2nc(-c3cccnc3)n(-c3ccccc3)c2=S)CC1. The van der Waals surface area contributed by atoms with Crippen LogP contribution in [0.3, 0.4) is 0 Å². The van der Waals surface area contributed by atoms with E-state index in [2.05, 4.69) is 4.98 Å². The fourth-order valence-corrected chi connectivity index (χ4v) is 3.68. The van der Waals surface area contributed by atoms with Crippen LogP contribution in [0.15, 0.2) is 54.9 Å². The predicted octanol–water partition coefficient (Wildman–Crippen LogP) is 1.46. The first kappa shape index (κ1) is 17.1. The maximum Gasteiger partial charge on any atom is 0.207 e. The summed E-state index contributed by atoms with van der Waals surface area (Å²) in [5, 5.41) is 14.5. The molecule has 0 bridgehead atoms. The van der Waals surface area contributed by atoms with Crippen molar-refractivity contribution in [3.63, 3.8) is 0 Å². The van der Waals surface area contributed by atoms with Gasteiger partial charge in [0.05, 0.1) is 19.2 Å². The van der Waals surface area contributed by atoms with Crippen molar-refractivity contribution < 1.29 is 10.0 Å². The molecular weight excluding hydrogens is 346 g/mol. The quantitative estimate of drug-likeness (QED) is 0.685. The first-order chi connectivity index (χ1) is 12.7. The normalized spacial score (nSPS) is 20.2. The van der Waals surface area contributed by atoms with E-state index in [1.807, 2.05) is 57.9 Å². The number of piperidine rings is 1. The monoisotopic (exact) mass is 368 g/mol. The second kappa shape index (κ2) is 7.49. The molecular formula is C19H22N5OS+. The van der Waals surface area contributed by atoms with E-state index >= 15 is 0 Å². The summed E-state index contributed by atoms with van der Waals surface area (Å²) in [6, 6.07) is 14.0. The molecule has 0 atom stereocenters. The number of quaternary nitrogens is 1. The molecule has 0 radical (unpaired) electrons. The number of aromatic nitrogens is 4. The molecule has 1 fully saturated rings. The Morgan fingerprint density at radius 1 is 1.12 bits per heavy atom. The summed E-state index contributed by atoms with van der Waals surface area (Å²) < 4.78 is 4.58. The van der Waals surface area contributed by atoms with Gasteiger partial charge in [-0.05, 0) is 36.5 Å². The largest absolute Gasteiger partial charge is 0.393 e. The maximum atomic E-state index is 9.73. The van der Waals surface area contributed by atoms with Crippen molar-refractivity contribution in [2.75, 3.05) is 13.1 Å². The van der Waals surface area contributed by atoms with Crippen molar-refractivity contribution in [3.8, 4) is 17.1 Å². The standard InChI is InChI=1S/C19H21N5OS/c25-17-8-11-22(12-9-17)14-23-19(26)24(16-6-2-1-3-7-16)18(21-23)15-5-4-10-20-13-15/h1-7,10,13,17,25H,8-9,11-12,14H2/p+1. The van der Waals surface area contributed by atoms with Crippen LogP contribution in [-0.4, -0.2) is 43.6 Å². The Balaban J connectivity index is 1.75. The highest BCUT2D eigenvalue weighted by Gasteiger charge is 2.22. The number of pyridine rings is 1. The second-order valence-electron chi connectivity index (χ2n) is 6.66. The number of likely N-dealkylation sites (tertiary alicyclic amines) is 1. The highest BCUT2D eigenvalue weighted by atomic mass is 32.1. The van der Waals surface area contributed by atoms with Crippen molar-refractivity contribution in [1.29, 1.82) is 0 Å². The van der Waals surface area contributed by atoms with Crippen molar-refractivity contribution in [2.24, 2.45) is 0 Å². The van der Waals surface area contributed by atoms with Crippen LogP contribution in [0.1, 0.15) is 12.8 Å². The third-order valence-electron chi connectivity index (χ3n) is 4.81. The molecule has 7 heteroatoms. The van der Waals surface area contributed by atoms with Gasteiger partial charge in [0.25, 0.3) is 0 Å². The summed E-state index contributed by atoms with van der Waals surface area (Å²) in [7, 11) is 0. The Hall–Kier alpha value is -2.35. The number of nitrogens with one attached hydrogen (secondary N) is 1. The van der Waals surface area contributed by atoms with Gasteiger partial charge in [0.2, 0.25) is 4.77 Å². The summed E-state index contributed by atoms with van der Waals surface area (Å²) in [5.74, 6) is 0.797. The second-order valence-corrected chi connectivity index (χ2v) is 7.02. The summed E-state index contributed by atoms with van der Waals surface area (Å²) in [4.78, 5) is 5.62. The zero-order valence-corrected chi connectivity index (χ0v) is 15.3. The molecule has 134 valence electrons. The molecule has 0 aliphatic carbocycles. The van der Waals surface area contributed by atoms with Gasteiger partial charge in [-0.25, -0.2) is 0 Å². The first-order valence-corrected chi connectivity index (χ1v) is 9.30. The van der Waals surface area contributed by atoms with Gasteiger partial charge < -0.3 is 10.0 Å². The van der Waals surface area contributed by atoms with Gasteiger partial charge in [-0.3, -0.25) is 9.55 Å². The van der Waals surface area contributed by atoms with E-state index in [1.165, 1.54) is 4.90 Å². The molecule has 1 aliphatic heterocycles. The average Bonchev–Trinajstić information content (AvgIpc) is 3.01. The molecule has 26 heavy (non-hydrogen) atoms. The van der Waals surface area contributed by atoms with E-state index in [-0.39, 0.29) is 6.10 Å². The highest BCUT2D eigenvalue weighted by molar-refractivity contribution is 7.71. The smallest absolute Gasteiger partial charge is 0.207 e. The third kappa shape index (κ3) is 3.46. The van der Waals surface area contributed by atoms with Crippen LogP contribution in [0, 0.1) is 4.77 Å². The minimum absolute atomic E-state index is 0.167. The van der Waals surface area contributed by atoms with Crippen LogP contribution in [0.5, 0.6) is 0 Å². The van der Waals surface area contributed by atoms with E-state index in [0.29, 0.717) is 11.4 Å². The lowest BCUT2D eigenvalue weighted by molar-refractivity contribution is -0.929. The first-order valence-electron chi connectivity index (χ1n) is 8.89. The van der Waals surface area contributed by atoms with Gasteiger partial charge >= 0.3 is 0 Å². The van der Waals surface area contributed by atoms with Gasteiger partial charge in [0.15, 0.2) is 12.5 Å². The number of hydrogen-bond acceptors (Lipinski definition) is 4. The van der Waals surface area contributed by atoms with Gasteiger partial charge in [-0.1, -0.05) is 18.2 Å². The van der Waals surface area contributed by atoms with Crippen molar-refractivity contribution in [1.82, 2.24) is 19.3 Å². The molecule has 2 N–H and O–H groups in total. The van der Waals surface area contributed by atoms with Crippen LogP contribution in [0.4, 0.5) is 0 Å². The Labute approximate surface area is 157 Å². The Morgan fingerprint density at radius 3 is 2.58 bits per heavy atom. The molecule has 3 heterocycles. The summed E-state index contributed by atoms with van der Waals surface area (Å²) in [6.07, 6.45) is 5.06. The maximum absolute atomic E-state index is 9.73. The van der Waals surface area contributed by atoms with E-state index in [4.69, 9.17) is 17.3 Å². The molecule has 0 spiro atoms. The minimum atomic E-state index is -0.167. The number of hydrogen-bond donors (Lipinski definition) is 2. The van der Waals surface area contributed by atoms with Crippen LogP contribution in [0.25, 0.3) is 17.1 Å². The number of rotatable bonds is 4. The van der Waals surface area contributed by atoms with Crippen molar-refractivity contribution in [2.45, 2.75) is 25.6 Å². The van der Waals surface area contributed by atoms with Gasteiger partial charge in [0.1, 0.15) is 0 Å². The average molecular weight is 368 g/mol. The number of nitrogens with zero attached hydrogens (tertiary/aromatic N) is 4. The molecule has 1 aliphatic rings. The third-order valence-corrected chi connectivity index (χ3v) is 5.20. The predicted molar refractivity (Wildman–Crippen MR) is 102 cm³/mol. The Morgan fingerprint density at radius 2 is 1.88 bits per heavy atom. The molecule has 2 aromatic heterocycles. The Bertz CT molecular complexity index is 914. The molecule has 4 rings (SSSR count). The van der Waals surface area contributed by atoms with E-state index in [9.17, 15) is 5.11 Å². The minimum Gasteiger partial charge on any atom is -0.393 e. The zero-order valence-electron chi connectivity index (χ0n) is 14.5. The molecule has 0 saturated carbocycles. The van der Waals surface area contributed by atoms with Gasteiger partial charge in [-0.2, -0.15) is 4.68 Å². The lowest BCUT2D eigenvalue weighted by atomic mass is 10.1. The topological polar surface area (TPSA) is 60.3 Å². The molecule has 1 aromatic carbocycles. The number of aliphatic hydroxyl groups excluding tert-OH is 1. The van der Waals surface area contributed by atoms with Crippen LogP contribution in [-0.2, 0) is 6.67 Å². The molecule has 6 nitrogen and oxygen atoms in total. The number of para-hydroxylation sites is 1. The van der Waals surface area contributed by atoms with Crippen LogP contribution < -0.4 is 4.90 Å². The van der Waals surface area contributed by atoms with E-state index < -0.39 is 0 Å². The molecule has 0 unspecified atom stereocenters. The summed E-state index contributed by atoms with van der Waals surface area (Å²) in [5.41, 5.74) is 1.93. The van der Waals surface area contributed by atoms with Crippen LogP contribution >= 0.6 is 12.2 Å². The highest BCUT2D eigenvalue weighted by Crippen LogP contribution is 2.21. The van der Waals surface area contributed by atoms with E-state index in [1.54, 1.807) is 6.20 Å².